The second-order valence-electron chi connectivity index (χ2n) is 4.90. The fourth-order valence-corrected chi connectivity index (χ4v) is 3.02. The van der Waals surface area contributed by atoms with E-state index in [4.69, 9.17) is 4.74 Å². The topological polar surface area (TPSA) is 34.1 Å². The Balaban J connectivity index is 0.00000176. The van der Waals surface area contributed by atoms with E-state index in [1.54, 1.807) is 0 Å². The van der Waals surface area contributed by atoms with E-state index >= 15 is 0 Å². The summed E-state index contributed by atoms with van der Waals surface area (Å²) < 4.78 is 11.7. The van der Waals surface area contributed by atoms with Gasteiger partial charge in [-0.3, -0.25) is 0 Å². The lowest BCUT2D eigenvalue weighted by Gasteiger charge is -2.20. The first-order valence-corrected chi connectivity index (χ1v) is 7.85. The third-order valence-electron chi connectivity index (χ3n) is 3.46. The van der Waals surface area contributed by atoms with E-state index in [9.17, 15) is 0 Å². The summed E-state index contributed by atoms with van der Waals surface area (Å²) in [6.07, 6.45) is 2.85. The lowest BCUT2D eigenvalue weighted by molar-refractivity contribution is 0.197. The van der Waals surface area contributed by atoms with Crippen LogP contribution < -0.4 is 10.1 Å². The highest BCUT2D eigenvalue weighted by Gasteiger charge is 2.14. The van der Waals surface area contributed by atoms with E-state index in [0.717, 1.165) is 28.8 Å². The summed E-state index contributed by atoms with van der Waals surface area (Å²) in [6, 6.07) is 16.5. The molecule has 0 radical (unpaired) electrons. The Hall–Kier alpha value is -1.62. The first-order chi connectivity index (χ1) is 10.4. The van der Waals surface area contributed by atoms with Crippen molar-refractivity contribution < 1.29 is 4.74 Å². The van der Waals surface area contributed by atoms with Crippen molar-refractivity contribution in [3.05, 3.63) is 60.3 Å². The second kappa shape index (κ2) is 8.13. The van der Waals surface area contributed by atoms with Gasteiger partial charge in [0.1, 0.15) is 11.9 Å². The molecule has 1 N–H and O–H groups in total. The number of aromatic nitrogens is 1. The van der Waals surface area contributed by atoms with Crippen LogP contribution in [0.4, 0.5) is 0 Å². The number of halogens is 1. The average Bonchev–Trinajstić information content (AvgIpc) is 3.01. The number of hydrogen-bond donors (Lipinski definition) is 1. The van der Waals surface area contributed by atoms with E-state index < -0.39 is 0 Å². The van der Waals surface area contributed by atoms with Crippen molar-refractivity contribution in [2.45, 2.75) is 12.5 Å². The molecule has 2 aromatic carbocycles. The van der Waals surface area contributed by atoms with Crippen LogP contribution >= 0.6 is 23.9 Å². The first kappa shape index (κ1) is 16.7. The van der Waals surface area contributed by atoms with Crippen LogP contribution in [0, 0.1) is 0 Å². The molecular formula is C17H19ClN2OS. The Kier molecular flexibility index (Phi) is 6.19. The summed E-state index contributed by atoms with van der Waals surface area (Å²) in [6.45, 7) is 0.914. The maximum absolute atomic E-state index is 6.30. The molecule has 5 heteroatoms. The fraction of sp³-hybridized carbons (Fsp3) is 0.235. The van der Waals surface area contributed by atoms with Crippen LogP contribution in [-0.2, 0) is 0 Å². The van der Waals surface area contributed by atoms with E-state index in [-0.39, 0.29) is 18.5 Å². The smallest absolute Gasteiger partial charge is 0.130 e. The van der Waals surface area contributed by atoms with Crippen LogP contribution in [0.15, 0.2) is 54.7 Å². The van der Waals surface area contributed by atoms with Crippen molar-refractivity contribution in [1.29, 1.82) is 0 Å². The predicted molar refractivity (Wildman–Crippen MR) is 95.2 cm³/mol. The standard InChI is InChI=1S/C17H18N2OS.ClH/c1-18-11-10-15(13-6-3-2-4-7-13)20-16-8-5-9-17-14(16)12-19-21-17;/h2-9,12,15,18H,10-11H2,1H3;1H/t15-;/m0./s1. The van der Waals surface area contributed by atoms with Crippen molar-refractivity contribution >= 4 is 34.0 Å². The third-order valence-corrected chi connectivity index (χ3v) is 4.22. The Morgan fingerprint density at radius 1 is 1.14 bits per heavy atom. The van der Waals surface area contributed by atoms with Crippen LogP contribution in [0.25, 0.3) is 10.1 Å². The second-order valence-corrected chi connectivity index (χ2v) is 5.74. The molecule has 1 atom stereocenters. The van der Waals surface area contributed by atoms with Crippen molar-refractivity contribution in [2.24, 2.45) is 0 Å². The van der Waals surface area contributed by atoms with Crippen molar-refractivity contribution in [3.8, 4) is 5.75 Å². The summed E-state index contributed by atoms with van der Waals surface area (Å²) in [5.41, 5.74) is 1.20. The number of benzene rings is 2. The number of hydrogen-bond acceptors (Lipinski definition) is 4. The van der Waals surface area contributed by atoms with Gasteiger partial charge >= 0.3 is 0 Å². The normalized spacial score (nSPS) is 11.9. The number of ether oxygens (including phenoxy) is 1. The molecule has 0 aliphatic rings. The van der Waals surface area contributed by atoms with Gasteiger partial charge < -0.3 is 10.1 Å². The molecule has 3 aromatic rings. The SMILES string of the molecule is CNCC[C@H](Oc1cccc2sncc12)c1ccccc1.Cl. The van der Waals surface area contributed by atoms with Gasteiger partial charge in [0.2, 0.25) is 0 Å². The number of fused-ring (bicyclic) bond motifs is 1. The predicted octanol–water partition coefficient (Wildman–Crippen LogP) is 4.45. The Morgan fingerprint density at radius 2 is 1.95 bits per heavy atom. The highest BCUT2D eigenvalue weighted by atomic mass is 35.5. The Morgan fingerprint density at radius 3 is 2.73 bits per heavy atom. The zero-order chi connectivity index (χ0) is 14.5. The van der Waals surface area contributed by atoms with Gasteiger partial charge in [-0.15, -0.1) is 12.4 Å². The quantitative estimate of drug-likeness (QED) is 0.723. The molecule has 0 saturated heterocycles. The van der Waals surface area contributed by atoms with Gasteiger partial charge in [-0.2, -0.15) is 4.37 Å². The van der Waals surface area contributed by atoms with Crippen LogP contribution in [0.1, 0.15) is 18.1 Å². The summed E-state index contributed by atoms with van der Waals surface area (Å²) >= 11 is 1.50. The Labute approximate surface area is 140 Å². The summed E-state index contributed by atoms with van der Waals surface area (Å²) in [5.74, 6) is 0.909. The number of nitrogens with zero attached hydrogens (tertiary/aromatic N) is 1. The highest BCUT2D eigenvalue weighted by Crippen LogP contribution is 2.32. The molecule has 1 heterocycles. The molecule has 0 bridgehead atoms. The molecule has 0 fully saturated rings. The average molecular weight is 335 g/mol. The van der Waals surface area contributed by atoms with E-state index in [2.05, 4.69) is 40.0 Å². The zero-order valence-electron chi connectivity index (χ0n) is 12.4. The van der Waals surface area contributed by atoms with Crippen LogP contribution in [-0.4, -0.2) is 18.0 Å². The maximum Gasteiger partial charge on any atom is 0.130 e. The fourth-order valence-electron chi connectivity index (χ4n) is 2.36. The van der Waals surface area contributed by atoms with Gasteiger partial charge in [0.25, 0.3) is 0 Å². The van der Waals surface area contributed by atoms with Gasteiger partial charge in [-0.05, 0) is 42.8 Å². The molecule has 0 unspecified atom stereocenters. The zero-order valence-corrected chi connectivity index (χ0v) is 14.0. The van der Waals surface area contributed by atoms with E-state index in [0.29, 0.717) is 0 Å². The maximum atomic E-state index is 6.30. The summed E-state index contributed by atoms with van der Waals surface area (Å²) in [5, 5.41) is 4.29. The highest BCUT2D eigenvalue weighted by molar-refractivity contribution is 7.13. The van der Waals surface area contributed by atoms with Gasteiger partial charge in [0.05, 0.1) is 16.3 Å². The first-order valence-electron chi connectivity index (χ1n) is 7.08. The van der Waals surface area contributed by atoms with Crippen molar-refractivity contribution in [1.82, 2.24) is 9.69 Å². The largest absolute Gasteiger partial charge is 0.485 e. The molecule has 0 spiro atoms. The molecule has 0 saturated carbocycles. The molecule has 3 rings (SSSR count). The molecular weight excluding hydrogens is 316 g/mol. The van der Waals surface area contributed by atoms with Gasteiger partial charge in [-0.25, -0.2) is 0 Å². The molecule has 0 aliphatic heterocycles. The van der Waals surface area contributed by atoms with E-state index in [1.165, 1.54) is 17.1 Å². The minimum Gasteiger partial charge on any atom is -0.485 e. The third kappa shape index (κ3) is 3.77. The minimum atomic E-state index is 0. The number of nitrogens with one attached hydrogen (secondary N) is 1. The van der Waals surface area contributed by atoms with Crippen molar-refractivity contribution in [3.63, 3.8) is 0 Å². The molecule has 22 heavy (non-hydrogen) atoms. The van der Waals surface area contributed by atoms with Gasteiger partial charge in [0.15, 0.2) is 0 Å². The molecule has 1 aromatic heterocycles. The van der Waals surface area contributed by atoms with E-state index in [1.807, 2.05) is 31.4 Å². The van der Waals surface area contributed by atoms with Crippen LogP contribution in [0.2, 0.25) is 0 Å². The van der Waals surface area contributed by atoms with Crippen molar-refractivity contribution in [2.75, 3.05) is 13.6 Å². The molecule has 0 amide bonds. The summed E-state index contributed by atoms with van der Waals surface area (Å²) in [7, 11) is 1.96. The summed E-state index contributed by atoms with van der Waals surface area (Å²) in [4.78, 5) is 0. The van der Waals surface area contributed by atoms with Gasteiger partial charge in [0, 0.05) is 6.42 Å². The molecule has 3 nitrogen and oxygen atoms in total. The lowest BCUT2D eigenvalue weighted by Crippen LogP contribution is -2.16. The van der Waals surface area contributed by atoms with Crippen LogP contribution in [0.5, 0.6) is 5.75 Å². The molecule has 0 aliphatic carbocycles. The minimum absolute atomic E-state index is 0. The monoisotopic (exact) mass is 334 g/mol. The van der Waals surface area contributed by atoms with Gasteiger partial charge in [-0.1, -0.05) is 36.4 Å². The molecule has 116 valence electrons. The lowest BCUT2D eigenvalue weighted by atomic mass is 10.1. The Bertz CT molecular complexity index is 702. The van der Waals surface area contributed by atoms with Crippen LogP contribution in [0.3, 0.4) is 0 Å². The number of rotatable bonds is 6.